The minimum atomic E-state index is 0.628. The Morgan fingerprint density at radius 3 is 2.57 bits per heavy atom. The SMILES string of the molecule is Clc1cccc(C2CCN(Cl)CC2)c1. The lowest BCUT2D eigenvalue weighted by Gasteiger charge is -2.27. The Morgan fingerprint density at radius 2 is 1.93 bits per heavy atom. The Balaban J connectivity index is 2.08. The fourth-order valence-electron chi connectivity index (χ4n) is 1.94. The van der Waals surface area contributed by atoms with Gasteiger partial charge in [0.05, 0.1) is 0 Å². The second-order valence-corrected chi connectivity index (χ2v) is 4.65. The molecule has 0 saturated carbocycles. The first-order chi connectivity index (χ1) is 6.75. The highest BCUT2D eigenvalue weighted by Crippen LogP contribution is 2.29. The molecule has 0 aliphatic carbocycles. The maximum Gasteiger partial charge on any atom is 0.0408 e. The van der Waals surface area contributed by atoms with Gasteiger partial charge in [-0.05, 0) is 48.2 Å². The molecule has 1 aromatic rings. The number of piperidine rings is 1. The van der Waals surface area contributed by atoms with Crippen LogP contribution in [0.2, 0.25) is 5.02 Å². The third-order valence-corrected chi connectivity index (χ3v) is 3.33. The van der Waals surface area contributed by atoms with Gasteiger partial charge in [-0.2, -0.15) is 0 Å². The molecule has 0 unspecified atom stereocenters. The van der Waals surface area contributed by atoms with E-state index in [9.17, 15) is 0 Å². The molecular weight excluding hydrogens is 217 g/mol. The maximum absolute atomic E-state index is 5.96. The molecule has 3 heteroatoms. The molecule has 1 nitrogen and oxygen atoms in total. The van der Waals surface area contributed by atoms with Crippen molar-refractivity contribution in [1.29, 1.82) is 0 Å². The van der Waals surface area contributed by atoms with E-state index in [4.69, 9.17) is 23.4 Å². The molecule has 0 N–H and O–H groups in total. The van der Waals surface area contributed by atoms with E-state index in [1.165, 1.54) is 5.56 Å². The summed E-state index contributed by atoms with van der Waals surface area (Å²) in [6.45, 7) is 1.94. The Labute approximate surface area is 94.7 Å². The summed E-state index contributed by atoms with van der Waals surface area (Å²) >= 11 is 11.9. The van der Waals surface area contributed by atoms with Crippen molar-refractivity contribution >= 4 is 23.4 Å². The molecule has 0 spiro atoms. The van der Waals surface area contributed by atoms with Gasteiger partial charge in [0.15, 0.2) is 0 Å². The molecule has 0 atom stereocenters. The zero-order valence-corrected chi connectivity index (χ0v) is 9.43. The molecule has 1 heterocycles. The molecule has 2 rings (SSSR count). The third kappa shape index (κ3) is 2.41. The summed E-state index contributed by atoms with van der Waals surface area (Å²) in [5, 5.41) is 0.829. The maximum atomic E-state index is 5.96. The van der Waals surface area contributed by atoms with E-state index in [1.807, 2.05) is 16.6 Å². The summed E-state index contributed by atoms with van der Waals surface area (Å²) < 4.78 is 1.86. The Kier molecular flexibility index (Phi) is 3.32. The zero-order chi connectivity index (χ0) is 9.97. The summed E-state index contributed by atoms with van der Waals surface area (Å²) in [6.07, 6.45) is 2.26. The van der Waals surface area contributed by atoms with E-state index in [0.29, 0.717) is 5.92 Å². The average Bonchev–Trinajstić information content (AvgIpc) is 2.19. The lowest BCUT2D eigenvalue weighted by atomic mass is 9.90. The van der Waals surface area contributed by atoms with Gasteiger partial charge in [0, 0.05) is 18.1 Å². The fourth-order valence-corrected chi connectivity index (χ4v) is 2.34. The van der Waals surface area contributed by atoms with E-state index < -0.39 is 0 Å². The highest BCUT2D eigenvalue weighted by molar-refractivity contribution is 6.30. The van der Waals surface area contributed by atoms with Crippen molar-refractivity contribution in [2.75, 3.05) is 13.1 Å². The van der Waals surface area contributed by atoms with Crippen molar-refractivity contribution in [3.05, 3.63) is 34.9 Å². The van der Waals surface area contributed by atoms with Gasteiger partial charge in [-0.15, -0.1) is 0 Å². The Hall–Kier alpha value is -0.240. The topological polar surface area (TPSA) is 3.24 Å². The van der Waals surface area contributed by atoms with Crippen LogP contribution in [0.4, 0.5) is 0 Å². The summed E-state index contributed by atoms with van der Waals surface area (Å²) in [4.78, 5) is 0. The minimum absolute atomic E-state index is 0.628. The lowest BCUT2D eigenvalue weighted by Crippen LogP contribution is -2.25. The van der Waals surface area contributed by atoms with Crippen molar-refractivity contribution < 1.29 is 0 Å². The highest BCUT2D eigenvalue weighted by atomic mass is 35.5. The van der Waals surface area contributed by atoms with Crippen LogP contribution in [-0.4, -0.2) is 17.5 Å². The normalized spacial score (nSPS) is 19.9. The average molecular weight is 230 g/mol. The molecule has 0 amide bonds. The van der Waals surface area contributed by atoms with Crippen LogP contribution < -0.4 is 0 Å². The van der Waals surface area contributed by atoms with E-state index in [1.54, 1.807) is 0 Å². The van der Waals surface area contributed by atoms with Gasteiger partial charge in [0.2, 0.25) is 0 Å². The van der Waals surface area contributed by atoms with E-state index >= 15 is 0 Å². The van der Waals surface area contributed by atoms with Crippen LogP contribution in [0.1, 0.15) is 24.3 Å². The van der Waals surface area contributed by atoms with Crippen LogP contribution in [0.25, 0.3) is 0 Å². The molecule has 0 radical (unpaired) electrons. The van der Waals surface area contributed by atoms with Crippen molar-refractivity contribution in [2.24, 2.45) is 0 Å². The fraction of sp³-hybridized carbons (Fsp3) is 0.455. The smallest absolute Gasteiger partial charge is 0.0408 e. The first kappa shape index (κ1) is 10.3. The van der Waals surface area contributed by atoms with Crippen molar-refractivity contribution in [2.45, 2.75) is 18.8 Å². The number of benzene rings is 1. The van der Waals surface area contributed by atoms with Gasteiger partial charge in [0.25, 0.3) is 0 Å². The Morgan fingerprint density at radius 1 is 1.21 bits per heavy atom. The molecule has 0 bridgehead atoms. The molecule has 1 aliphatic rings. The van der Waals surface area contributed by atoms with Crippen molar-refractivity contribution in [1.82, 2.24) is 4.42 Å². The van der Waals surface area contributed by atoms with Crippen molar-refractivity contribution in [3.63, 3.8) is 0 Å². The van der Waals surface area contributed by atoms with Gasteiger partial charge in [0.1, 0.15) is 0 Å². The predicted molar refractivity (Wildman–Crippen MR) is 60.9 cm³/mol. The molecule has 1 saturated heterocycles. The summed E-state index contributed by atoms with van der Waals surface area (Å²) in [5.41, 5.74) is 1.35. The van der Waals surface area contributed by atoms with Gasteiger partial charge >= 0.3 is 0 Å². The molecule has 0 aromatic heterocycles. The number of rotatable bonds is 1. The third-order valence-electron chi connectivity index (χ3n) is 2.76. The molecule has 1 aromatic carbocycles. The van der Waals surface area contributed by atoms with E-state index in [2.05, 4.69) is 12.1 Å². The van der Waals surface area contributed by atoms with E-state index in [0.717, 1.165) is 31.0 Å². The van der Waals surface area contributed by atoms with Gasteiger partial charge in [-0.25, -0.2) is 4.42 Å². The second-order valence-electron chi connectivity index (χ2n) is 3.74. The predicted octanol–water partition coefficient (Wildman–Crippen LogP) is 3.67. The summed E-state index contributed by atoms with van der Waals surface area (Å²) in [6, 6.07) is 8.16. The molecular formula is C11H13Cl2N. The van der Waals surface area contributed by atoms with Crippen LogP contribution in [0, 0.1) is 0 Å². The van der Waals surface area contributed by atoms with Gasteiger partial charge in [-0.3, -0.25) is 0 Å². The Bertz CT molecular complexity index is 306. The van der Waals surface area contributed by atoms with Crippen LogP contribution in [0.15, 0.2) is 24.3 Å². The second kappa shape index (κ2) is 4.52. The molecule has 1 fully saturated rings. The summed E-state index contributed by atoms with van der Waals surface area (Å²) in [7, 11) is 0. The zero-order valence-electron chi connectivity index (χ0n) is 7.92. The molecule has 1 aliphatic heterocycles. The summed E-state index contributed by atoms with van der Waals surface area (Å²) in [5.74, 6) is 0.628. The first-order valence-corrected chi connectivity index (χ1v) is 5.63. The lowest BCUT2D eigenvalue weighted by molar-refractivity contribution is 0.336. The number of hydrogen-bond donors (Lipinski definition) is 0. The molecule has 76 valence electrons. The van der Waals surface area contributed by atoms with Gasteiger partial charge < -0.3 is 0 Å². The number of hydrogen-bond acceptors (Lipinski definition) is 1. The number of halogens is 2. The quantitative estimate of drug-likeness (QED) is 0.665. The highest BCUT2D eigenvalue weighted by Gasteiger charge is 2.19. The van der Waals surface area contributed by atoms with Crippen molar-refractivity contribution in [3.8, 4) is 0 Å². The van der Waals surface area contributed by atoms with Crippen LogP contribution in [0.3, 0.4) is 0 Å². The van der Waals surface area contributed by atoms with E-state index in [-0.39, 0.29) is 0 Å². The van der Waals surface area contributed by atoms with Gasteiger partial charge in [-0.1, -0.05) is 23.7 Å². The number of nitrogens with zero attached hydrogens (tertiary/aromatic N) is 1. The van der Waals surface area contributed by atoms with Crippen LogP contribution in [0.5, 0.6) is 0 Å². The largest absolute Gasteiger partial charge is 0.220 e. The molecule has 14 heavy (non-hydrogen) atoms. The standard InChI is InChI=1S/C11H13Cl2N/c12-11-3-1-2-10(8-11)9-4-6-14(13)7-5-9/h1-3,8-9H,4-7H2. The van der Waals surface area contributed by atoms with Crippen LogP contribution in [-0.2, 0) is 0 Å². The first-order valence-electron chi connectivity index (χ1n) is 4.92. The minimum Gasteiger partial charge on any atom is -0.220 e. The van der Waals surface area contributed by atoms with Crippen LogP contribution >= 0.6 is 23.4 Å². The monoisotopic (exact) mass is 229 g/mol.